The van der Waals surface area contributed by atoms with E-state index in [0.29, 0.717) is 0 Å². The van der Waals surface area contributed by atoms with E-state index >= 15 is 0 Å². The third kappa shape index (κ3) is 5.26. The normalized spacial score (nSPS) is 28.6. The van der Waals surface area contributed by atoms with Gasteiger partial charge in [-0.1, -0.05) is 35.1 Å². The minimum absolute atomic E-state index is 0.00305. The van der Waals surface area contributed by atoms with Crippen LogP contribution < -0.4 is 0 Å². The van der Waals surface area contributed by atoms with Crippen molar-refractivity contribution in [2.24, 2.45) is 5.16 Å². The number of oxime groups is 1. The summed E-state index contributed by atoms with van der Waals surface area (Å²) in [5.74, 6) is 0. The zero-order valence-electron chi connectivity index (χ0n) is 14.8. The van der Waals surface area contributed by atoms with Crippen LogP contribution in [0, 0.1) is 0 Å². The van der Waals surface area contributed by atoms with E-state index in [1.54, 1.807) is 6.20 Å². The van der Waals surface area contributed by atoms with Gasteiger partial charge in [-0.05, 0) is 11.6 Å². The fraction of sp³-hybridized carbons (Fsp3) is 0.438. The molecule has 1 fully saturated rings. The zero-order valence-corrected chi connectivity index (χ0v) is 16.5. The van der Waals surface area contributed by atoms with Gasteiger partial charge in [-0.15, -0.1) is 0 Å². The van der Waals surface area contributed by atoms with Gasteiger partial charge < -0.3 is 30.1 Å². The van der Waals surface area contributed by atoms with E-state index < -0.39 is 46.9 Å². The number of rotatable bonds is 6. The van der Waals surface area contributed by atoms with Crippen LogP contribution in [-0.2, 0) is 25.8 Å². The average Bonchev–Trinajstić information content (AvgIpc) is 3.08. The molecule has 3 rings (SSSR count). The molecule has 0 amide bonds. The Morgan fingerprint density at radius 3 is 2.62 bits per heavy atom. The number of aromatic nitrogens is 1. The first kappa shape index (κ1) is 22.0. The van der Waals surface area contributed by atoms with Crippen LogP contribution >= 0.6 is 11.8 Å². The van der Waals surface area contributed by atoms with Gasteiger partial charge in [0.05, 0.1) is 6.61 Å². The van der Waals surface area contributed by atoms with Crippen LogP contribution in [0.4, 0.5) is 0 Å². The molecule has 1 aromatic heterocycles. The highest BCUT2D eigenvalue weighted by Gasteiger charge is 2.44. The van der Waals surface area contributed by atoms with E-state index in [9.17, 15) is 28.8 Å². The Morgan fingerprint density at radius 1 is 1.21 bits per heavy atom. The maximum Gasteiger partial charge on any atom is 0.466 e. The molecule has 0 bridgehead atoms. The Morgan fingerprint density at radius 2 is 1.93 bits per heavy atom. The van der Waals surface area contributed by atoms with Gasteiger partial charge in [-0.25, -0.2) is 4.28 Å². The smallest absolute Gasteiger partial charge is 0.394 e. The molecule has 2 aromatic rings. The van der Waals surface area contributed by atoms with E-state index in [2.05, 4.69) is 14.4 Å². The summed E-state index contributed by atoms with van der Waals surface area (Å²) in [6, 6.07) is 7.33. The van der Waals surface area contributed by atoms with Crippen LogP contribution in [0.3, 0.4) is 0 Å². The number of aromatic amines is 1. The Kier molecular flexibility index (Phi) is 6.80. The third-order valence-corrected chi connectivity index (χ3v) is 5.73. The third-order valence-electron chi connectivity index (χ3n) is 4.35. The van der Waals surface area contributed by atoms with Gasteiger partial charge in [-0.3, -0.25) is 4.55 Å². The van der Waals surface area contributed by atoms with E-state index in [1.165, 1.54) is 0 Å². The molecule has 6 N–H and O–H groups in total. The second-order valence-electron chi connectivity index (χ2n) is 6.34. The molecule has 1 aromatic carbocycles. The van der Waals surface area contributed by atoms with E-state index in [-0.39, 0.29) is 11.5 Å². The lowest BCUT2D eigenvalue weighted by Gasteiger charge is -2.39. The fourth-order valence-corrected chi connectivity index (χ4v) is 4.24. The number of aliphatic hydroxyl groups excluding tert-OH is 4. The van der Waals surface area contributed by atoms with Crippen molar-refractivity contribution in [3.8, 4) is 0 Å². The van der Waals surface area contributed by atoms with Crippen molar-refractivity contribution >= 4 is 38.1 Å². The highest BCUT2D eigenvalue weighted by molar-refractivity contribution is 8.14. The van der Waals surface area contributed by atoms with Crippen molar-refractivity contribution < 1.29 is 42.4 Å². The summed E-state index contributed by atoms with van der Waals surface area (Å²) < 4.78 is 40.2. The number of ether oxygens (including phenoxy) is 1. The number of fused-ring (bicyclic) bond motifs is 1. The molecule has 0 aliphatic carbocycles. The molecule has 1 aliphatic rings. The summed E-state index contributed by atoms with van der Waals surface area (Å²) in [4.78, 5) is 3.05. The number of aliphatic hydroxyl groups is 4. The number of H-pyrrole nitrogens is 1. The molecule has 11 nitrogen and oxygen atoms in total. The quantitative estimate of drug-likeness (QED) is 0.144. The van der Waals surface area contributed by atoms with Crippen molar-refractivity contribution in [3.63, 3.8) is 0 Å². The highest BCUT2D eigenvalue weighted by Crippen LogP contribution is 2.31. The van der Waals surface area contributed by atoms with Gasteiger partial charge in [0.25, 0.3) is 0 Å². The molecule has 29 heavy (non-hydrogen) atoms. The lowest BCUT2D eigenvalue weighted by Crippen LogP contribution is -2.57. The van der Waals surface area contributed by atoms with E-state index in [4.69, 9.17) is 9.29 Å². The topological polar surface area (TPSA) is 182 Å². The second kappa shape index (κ2) is 8.97. The molecule has 1 saturated heterocycles. The van der Waals surface area contributed by atoms with Gasteiger partial charge in [-0.2, -0.15) is 8.42 Å². The Hall–Kier alpha value is -1.71. The van der Waals surface area contributed by atoms with Crippen molar-refractivity contribution in [1.29, 1.82) is 0 Å². The van der Waals surface area contributed by atoms with Gasteiger partial charge in [0, 0.05) is 23.5 Å². The summed E-state index contributed by atoms with van der Waals surface area (Å²) in [6.45, 7) is -0.613. The van der Waals surface area contributed by atoms with Crippen LogP contribution in [-0.4, -0.2) is 79.9 Å². The molecule has 2 heterocycles. The van der Waals surface area contributed by atoms with Crippen LogP contribution in [0.5, 0.6) is 0 Å². The average molecular weight is 448 g/mol. The minimum Gasteiger partial charge on any atom is -0.394 e. The molecular weight excluding hydrogens is 428 g/mol. The van der Waals surface area contributed by atoms with E-state index in [1.807, 2.05) is 24.3 Å². The molecule has 13 heteroatoms. The molecule has 160 valence electrons. The number of hydrogen-bond donors (Lipinski definition) is 6. The first-order chi connectivity index (χ1) is 13.7. The fourth-order valence-electron chi connectivity index (χ4n) is 2.92. The molecule has 0 spiro atoms. The SMILES string of the molecule is O=S(=O)(O)ON=C(Cc1c[nH]c2ccccc12)S[C@H]1O[C@@H](CO)[C@H](O)[C@@H](O)[C@@H]1O. The number of benzene rings is 1. The Balaban J connectivity index is 1.85. The summed E-state index contributed by atoms with van der Waals surface area (Å²) in [7, 11) is -4.87. The first-order valence-corrected chi connectivity index (χ1v) is 10.7. The number of hydrogen-bond acceptors (Lipinski definition) is 10. The van der Waals surface area contributed by atoms with Gasteiger partial charge in [0.2, 0.25) is 0 Å². The molecule has 0 radical (unpaired) electrons. The monoisotopic (exact) mass is 448 g/mol. The highest BCUT2D eigenvalue weighted by atomic mass is 32.3. The molecule has 0 saturated carbocycles. The van der Waals surface area contributed by atoms with Crippen LogP contribution in [0.25, 0.3) is 10.9 Å². The standard InChI is InChI=1S/C16H20N2O9S2/c19-7-11-13(20)14(21)15(22)16(26-11)28-12(18-27-29(23,24)25)5-8-6-17-10-4-2-1-3-9(8)10/h1-4,6,11,13-17,19-22H,5,7H2,(H,23,24,25)/t11-,13-,14+,15-,16+/m0/s1. The van der Waals surface area contributed by atoms with Crippen molar-refractivity contribution in [1.82, 2.24) is 4.98 Å². The summed E-state index contributed by atoms with van der Waals surface area (Å²) in [5.41, 5.74) is 0.352. The van der Waals surface area contributed by atoms with E-state index in [0.717, 1.165) is 28.2 Å². The Labute approximate surface area is 169 Å². The second-order valence-corrected chi connectivity index (χ2v) is 8.51. The summed E-state index contributed by atoms with van der Waals surface area (Å²) >= 11 is 0.727. The van der Waals surface area contributed by atoms with Gasteiger partial charge >= 0.3 is 10.4 Å². The predicted octanol–water partition coefficient (Wildman–Crippen LogP) is -0.624. The van der Waals surface area contributed by atoms with Gasteiger partial charge in [0.1, 0.15) is 34.9 Å². The van der Waals surface area contributed by atoms with Crippen molar-refractivity contribution in [3.05, 3.63) is 36.0 Å². The summed E-state index contributed by atoms with van der Waals surface area (Å²) in [5, 5.41) is 43.5. The number of nitrogens with one attached hydrogen (secondary N) is 1. The van der Waals surface area contributed by atoms with Crippen LogP contribution in [0.1, 0.15) is 5.56 Å². The maximum absolute atomic E-state index is 10.9. The molecular formula is C16H20N2O9S2. The number of para-hydroxylation sites is 1. The van der Waals surface area contributed by atoms with Crippen molar-refractivity contribution in [2.45, 2.75) is 36.3 Å². The number of thioether (sulfide) groups is 1. The lowest BCUT2D eigenvalue weighted by molar-refractivity contribution is -0.205. The largest absolute Gasteiger partial charge is 0.466 e. The molecule has 1 aliphatic heterocycles. The first-order valence-electron chi connectivity index (χ1n) is 8.44. The molecule has 5 atom stereocenters. The Bertz CT molecular complexity index is 976. The van der Waals surface area contributed by atoms with Crippen LogP contribution in [0.15, 0.2) is 35.6 Å². The number of nitrogens with zero attached hydrogens (tertiary/aromatic N) is 1. The minimum atomic E-state index is -4.87. The molecule has 0 unspecified atom stereocenters. The van der Waals surface area contributed by atoms with Gasteiger partial charge in [0.15, 0.2) is 0 Å². The summed E-state index contributed by atoms with van der Waals surface area (Å²) in [6.07, 6.45) is -4.11. The lowest BCUT2D eigenvalue weighted by atomic mass is 10.0. The predicted molar refractivity (Wildman–Crippen MR) is 103 cm³/mol. The van der Waals surface area contributed by atoms with Crippen LogP contribution in [0.2, 0.25) is 0 Å². The zero-order chi connectivity index (χ0) is 21.2. The maximum atomic E-state index is 10.9. The van der Waals surface area contributed by atoms with Crippen molar-refractivity contribution in [2.75, 3.05) is 6.61 Å².